The van der Waals surface area contributed by atoms with Crippen LogP contribution in [0.15, 0.2) is 30.3 Å². The lowest BCUT2D eigenvalue weighted by Gasteiger charge is -2.19. The van der Waals surface area contributed by atoms with E-state index < -0.39 is 51.7 Å². The Morgan fingerprint density at radius 3 is 2.66 bits per heavy atom. The van der Waals surface area contributed by atoms with Gasteiger partial charge in [0.05, 0.1) is 24.9 Å². The monoisotopic (exact) mass is 590 g/mol. The molecule has 6 atom stereocenters. The SMILES string of the molecule is O=P(O)(O)CP(=O)(O)OC[C@H]1C[C@@H](c2ccc3c(N[C@H]4CCc5ccc(F)cc54)nc(Cl)nn23)[C@H](O)[C@@H]1O. The number of benzene rings is 1. The van der Waals surface area contributed by atoms with Crippen LogP contribution in [-0.2, 0) is 20.1 Å². The fourth-order valence-corrected chi connectivity index (χ4v) is 8.11. The highest BCUT2D eigenvalue weighted by atomic mass is 35.5. The first-order valence-corrected chi connectivity index (χ1v) is 15.7. The van der Waals surface area contributed by atoms with Crippen LogP contribution in [0, 0.1) is 11.7 Å². The highest BCUT2D eigenvalue weighted by Crippen LogP contribution is 2.56. The van der Waals surface area contributed by atoms with Crippen LogP contribution >= 0.6 is 26.8 Å². The molecule has 0 saturated heterocycles. The number of anilines is 1. The summed E-state index contributed by atoms with van der Waals surface area (Å²) in [6.07, 6.45) is -0.980. The average Bonchev–Trinajstić information content (AvgIpc) is 3.48. The van der Waals surface area contributed by atoms with Gasteiger partial charge < -0.3 is 34.7 Å². The smallest absolute Gasteiger partial charge is 0.340 e. The Bertz CT molecular complexity index is 1470. The molecular formula is C22H26ClFN4O8P2. The predicted molar refractivity (Wildman–Crippen MR) is 135 cm³/mol. The van der Waals surface area contributed by atoms with Gasteiger partial charge in [-0.2, -0.15) is 4.98 Å². The molecule has 2 aliphatic rings. The lowest BCUT2D eigenvalue weighted by molar-refractivity contribution is 0.00366. The van der Waals surface area contributed by atoms with Gasteiger partial charge in [-0.3, -0.25) is 9.13 Å². The zero-order chi connectivity index (χ0) is 27.4. The molecule has 0 bridgehead atoms. The second-order valence-corrected chi connectivity index (χ2v) is 14.0. The maximum atomic E-state index is 13.9. The second-order valence-electron chi connectivity index (χ2n) is 9.69. The van der Waals surface area contributed by atoms with Gasteiger partial charge in [0.1, 0.15) is 11.3 Å². The van der Waals surface area contributed by atoms with Crippen molar-refractivity contribution in [3.63, 3.8) is 0 Å². The first-order valence-electron chi connectivity index (χ1n) is 11.8. The fourth-order valence-electron chi connectivity index (χ4n) is 5.33. The van der Waals surface area contributed by atoms with E-state index in [-0.39, 0.29) is 23.6 Å². The molecule has 1 saturated carbocycles. The molecule has 0 spiro atoms. The molecule has 6 N–H and O–H groups in total. The Kier molecular flexibility index (Phi) is 7.45. The van der Waals surface area contributed by atoms with Crippen LogP contribution in [0.1, 0.15) is 41.6 Å². The summed E-state index contributed by atoms with van der Waals surface area (Å²) in [5.74, 6) is -2.73. The molecular weight excluding hydrogens is 565 g/mol. The maximum Gasteiger partial charge on any atom is 0.340 e. The van der Waals surface area contributed by atoms with E-state index in [9.17, 15) is 28.6 Å². The van der Waals surface area contributed by atoms with Crippen molar-refractivity contribution < 1.29 is 42.9 Å². The van der Waals surface area contributed by atoms with Gasteiger partial charge >= 0.3 is 15.2 Å². The number of halogens is 2. The fraction of sp³-hybridized carbons (Fsp3) is 0.455. The third-order valence-corrected chi connectivity index (χ3v) is 10.7. The minimum Gasteiger partial charge on any atom is -0.390 e. The van der Waals surface area contributed by atoms with Crippen molar-refractivity contribution in [1.82, 2.24) is 14.6 Å². The molecule has 2 heterocycles. The highest BCUT2D eigenvalue weighted by Gasteiger charge is 2.45. The van der Waals surface area contributed by atoms with E-state index in [0.717, 1.165) is 24.0 Å². The normalized spacial score (nSPS) is 27.0. The van der Waals surface area contributed by atoms with Gasteiger partial charge in [0.25, 0.3) is 0 Å². The van der Waals surface area contributed by atoms with Gasteiger partial charge in [-0.1, -0.05) is 6.07 Å². The molecule has 38 heavy (non-hydrogen) atoms. The van der Waals surface area contributed by atoms with Crippen molar-refractivity contribution in [2.24, 2.45) is 5.92 Å². The number of fused-ring (bicyclic) bond motifs is 2. The van der Waals surface area contributed by atoms with Crippen molar-refractivity contribution in [3.8, 4) is 0 Å². The van der Waals surface area contributed by atoms with Gasteiger partial charge in [0.2, 0.25) is 5.28 Å². The molecule has 0 radical (unpaired) electrons. The van der Waals surface area contributed by atoms with Crippen molar-refractivity contribution >= 4 is 38.1 Å². The van der Waals surface area contributed by atoms with Crippen LogP contribution < -0.4 is 5.32 Å². The molecule has 5 rings (SSSR count). The Morgan fingerprint density at radius 2 is 1.92 bits per heavy atom. The number of hydrogen-bond acceptors (Lipinski definition) is 8. The summed E-state index contributed by atoms with van der Waals surface area (Å²) < 4.78 is 43.3. The molecule has 206 valence electrons. The first-order chi connectivity index (χ1) is 17.8. The molecule has 12 nitrogen and oxygen atoms in total. The number of aliphatic hydroxyl groups is 2. The van der Waals surface area contributed by atoms with Gasteiger partial charge in [-0.05, 0) is 66.3 Å². The molecule has 0 aliphatic heterocycles. The van der Waals surface area contributed by atoms with E-state index in [2.05, 4.69) is 15.4 Å². The summed E-state index contributed by atoms with van der Waals surface area (Å²) in [6, 6.07) is 7.91. The summed E-state index contributed by atoms with van der Waals surface area (Å²) >= 11 is 6.22. The molecule has 0 amide bonds. The van der Waals surface area contributed by atoms with E-state index in [1.165, 1.54) is 16.6 Å². The molecule has 2 aromatic heterocycles. The standard InChI is InChI=1S/C22H26ClFN4O8P2/c23-22-26-21(25-16-4-2-11-1-3-13(24)8-14(11)16)18-6-5-17(28(18)27-22)15-7-12(19(29)20(15)30)9-36-38(34,35)10-37(31,32)33/h1,3,5-6,8,12,15-16,19-20,29-30H,2,4,7,9-10H2,(H,34,35)(H,25,26,27)(H2,31,32,33)/t12-,15+,16+,19-,20+/m1/s1. The summed E-state index contributed by atoms with van der Waals surface area (Å²) in [5.41, 5.74) is 2.92. The van der Waals surface area contributed by atoms with Crippen molar-refractivity contribution in [1.29, 1.82) is 0 Å². The van der Waals surface area contributed by atoms with Crippen molar-refractivity contribution in [3.05, 3.63) is 58.3 Å². The summed E-state index contributed by atoms with van der Waals surface area (Å²) in [7, 11) is -9.42. The van der Waals surface area contributed by atoms with Crippen LogP contribution in [0.25, 0.3) is 5.52 Å². The van der Waals surface area contributed by atoms with Gasteiger partial charge in [-0.15, -0.1) is 5.10 Å². The number of rotatable bonds is 8. The number of aromatic nitrogens is 3. The van der Waals surface area contributed by atoms with E-state index in [1.807, 2.05) is 0 Å². The van der Waals surface area contributed by atoms with Crippen LogP contribution in [-0.4, -0.2) is 64.2 Å². The van der Waals surface area contributed by atoms with Crippen LogP contribution in [0.4, 0.5) is 10.2 Å². The summed E-state index contributed by atoms with van der Waals surface area (Å²) in [5, 5.41) is 28.8. The van der Waals surface area contributed by atoms with Crippen LogP contribution in [0.5, 0.6) is 0 Å². The Balaban J connectivity index is 1.37. The molecule has 1 aromatic carbocycles. The number of aliphatic hydroxyl groups excluding tert-OH is 2. The average molecular weight is 591 g/mol. The predicted octanol–water partition coefficient (Wildman–Crippen LogP) is 2.78. The highest BCUT2D eigenvalue weighted by molar-refractivity contribution is 7.70. The first kappa shape index (κ1) is 27.6. The third kappa shape index (κ3) is 5.67. The van der Waals surface area contributed by atoms with Crippen LogP contribution in [0.3, 0.4) is 0 Å². The zero-order valence-electron chi connectivity index (χ0n) is 19.8. The van der Waals surface area contributed by atoms with E-state index in [1.54, 1.807) is 18.2 Å². The zero-order valence-corrected chi connectivity index (χ0v) is 22.3. The molecule has 3 aromatic rings. The van der Waals surface area contributed by atoms with Crippen molar-refractivity contribution in [2.75, 3.05) is 17.8 Å². The second kappa shape index (κ2) is 10.2. The number of nitrogens with one attached hydrogen (secondary N) is 1. The minimum atomic E-state index is -4.80. The minimum absolute atomic E-state index is 0.0820. The van der Waals surface area contributed by atoms with Crippen molar-refractivity contribution in [2.45, 2.75) is 43.4 Å². The Labute approximate surface area is 221 Å². The molecule has 2 aliphatic carbocycles. The lowest BCUT2D eigenvalue weighted by atomic mass is 10.0. The Hall–Kier alpha value is -1.92. The molecule has 1 unspecified atom stereocenters. The maximum absolute atomic E-state index is 13.9. The van der Waals surface area contributed by atoms with Crippen LogP contribution in [0.2, 0.25) is 5.28 Å². The molecule has 16 heteroatoms. The molecule has 1 fully saturated rings. The van der Waals surface area contributed by atoms with Gasteiger partial charge in [0, 0.05) is 17.5 Å². The summed E-state index contributed by atoms with van der Waals surface area (Å²) in [6.45, 7) is -0.494. The largest absolute Gasteiger partial charge is 0.390 e. The quantitative estimate of drug-likeness (QED) is 0.212. The van der Waals surface area contributed by atoms with E-state index >= 15 is 0 Å². The number of aryl methyl sites for hydroxylation is 1. The topological polar surface area (TPSA) is 187 Å². The van der Waals surface area contributed by atoms with E-state index in [4.69, 9.17) is 25.9 Å². The Morgan fingerprint density at radius 1 is 1.16 bits per heavy atom. The van der Waals surface area contributed by atoms with Gasteiger partial charge in [-0.25, -0.2) is 8.91 Å². The number of hydrogen-bond donors (Lipinski definition) is 6. The number of nitrogens with zero attached hydrogens (tertiary/aromatic N) is 3. The van der Waals surface area contributed by atoms with E-state index in [0.29, 0.717) is 17.0 Å². The van der Waals surface area contributed by atoms with Gasteiger partial charge in [0.15, 0.2) is 11.7 Å². The third-order valence-electron chi connectivity index (χ3n) is 7.05. The summed E-state index contributed by atoms with van der Waals surface area (Å²) in [4.78, 5) is 32.0. The lowest BCUT2D eigenvalue weighted by Crippen LogP contribution is -2.29.